The molecule has 7 heteroatoms. The van der Waals surface area contributed by atoms with Crippen LogP contribution in [0.4, 0.5) is 0 Å². The van der Waals surface area contributed by atoms with Crippen LogP contribution in [0.15, 0.2) is 44.4 Å². The van der Waals surface area contributed by atoms with Gasteiger partial charge in [0.05, 0.1) is 12.4 Å². The van der Waals surface area contributed by atoms with Crippen molar-refractivity contribution < 1.29 is 13.9 Å². The number of ether oxygens (including phenoxy) is 1. The molecule has 0 aliphatic carbocycles. The zero-order valence-electron chi connectivity index (χ0n) is 13.3. The van der Waals surface area contributed by atoms with Crippen LogP contribution in [0.2, 0.25) is 0 Å². The SMILES string of the molecule is CCOC(=O)c1c(C)oc2nc(CSc3ccccc3)[nH]c(=O)c12. The molecule has 0 aliphatic heterocycles. The van der Waals surface area contributed by atoms with Crippen molar-refractivity contribution in [2.24, 2.45) is 0 Å². The third kappa shape index (κ3) is 3.21. The van der Waals surface area contributed by atoms with Crippen LogP contribution in [0, 0.1) is 6.92 Å². The van der Waals surface area contributed by atoms with Crippen LogP contribution in [0.1, 0.15) is 28.9 Å². The summed E-state index contributed by atoms with van der Waals surface area (Å²) < 4.78 is 10.5. The molecule has 0 atom stereocenters. The molecule has 2 heterocycles. The van der Waals surface area contributed by atoms with Crippen molar-refractivity contribution in [3.8, 4) is 0 Å². The Balaban J connectivity index is 1.94. The Morgan fingerprint density at radius 3 is 2.79 bits per heavy atom. The summed E-state index contributed by atoms with van der Waals surface area (Å²) in [6.45, 7) is 3.55. The molecule has 0 bridgehead atoms. The number of rotatable bonds is 5. The highest BCUT2D eigenvalue weighted by Gasteiger charge is 2.23. The number of carbonyl (C=O) groups excluding carboxylic acids is 1. The lowest BCUT2D eigenvalue weighted by Crippen LogP contribution is -2.14. The highest BCUT2D eigenvalue weighted by molar-refractivity contribution is 7.98. The van der Waals surface area contributed by atoms with Gasteiger partial charge < -0.3 is 14.1 Å². The normalized spacial score (nSPS) is 10.9. The molecule has 0 radical (unpaired) electrons. The Bertz CT molecular complexity index is 931. The Morgan fingerprint density at radius 1 is 1.33 bits per heavy atom. The van der Waals surface area contributed by atoms with Crippen molar-refractivity contribution >= 4 is 28.8 Å². The number of carbonyl (C=O) groups is 1. The molecule has 1 N–H and O–H groups in total. The summed E-state index contributed by atoms with van der Waals surface area (Å²) in [6.07, 6.45) is 0. The van der Waals surface area contributed by atoms with E-state index in [4.69, 9.17) is 9.15 Å². The minimum absolute atomic E-state index is 0.138. The molecule has 2 aromatic heterocycles. The number of hydrogen-bond acceptors (Lipinski definition) is 6. The lowest BCUT2D eigenvalue weighted by Gasteiger charge is -2.02. The van der Waals surface area contributed by atoms with Gasteiger partial charge in [0.2, 0.25) is 5.71 Å². The number of benzene rings is 1. The van der Waals surface area contributed by atoms with Crippen LogP contribution in [-0.4, -0.2) is 22.5 Å². The summed E-state index contributed by atoms with van der Waals surface area (Å²) in [7, 11) is 0. The molecule has 24 heavy (non-hydrogen) atoms. The molecule has 0 unspecified atom stereocenters. The largest absolute Gasteiger partial charge is 0.462 e. The molecule has 124 valence electrons. The average Bonchev–Trinajstić information content (AvgIpc) is 2.91. The van der Waals surface area contributed by atoms with Crippen LogP contribution in [0.25, 0.3) is 11.1 Å². The molecule has 6 nitrogen and oxygen atoms in total. The maximum Gasteiger partial charge on any atom is 0.342 e. The number of furan rings is 1. The first-order valence-electron chi connectivity index (χ1n) is 7.47. The van der Waals surface area contributed by atoms with E-state index in [2.05, 4.69) is 9.97 Å². The van der Waals surface area contributed by atoms with Crippen LogP contribution >= 0.6 is 11.8 Å². The van der Waals surface area contributed by atoms with Gasteiger partial charge in [0.25, 0.3) is 5.56 Å². The number of esters is 1. The number of hydrogen-bond donors (Lipinski definition) is 1. The van der Waals surface area contributed by atoms with Gasteiger partial charge in [-0.3, -0.25) is 4.79 Å². The number of aryl methyl sites for hydroxylation is 1. The predicted molar refractivity (Wildman–Crippen MR) is 91.3 cm³/mol. The smallest absolute Gasteiger partial charge is 0.342 e. The number of thioether (sulfide) groups is 1. The van der Waals surface area contributed by atoms with E-state index >= 15 is 0 Å². The number of nitrogens with zero attached hydrogens (tertiary/aromatic N) is 1. The van der Waals surface area contributed by atoms with Gasteiger partial charge in [-0.1, -0.05) is 18.2 Å². The lowest BCUT2D eigenvalue weighted by atomic mass is 10.2. The van der Waals surface area contributed by atoms with Crippen LogP contribution in [0.3, 0.4) is 0 Å². The van der Waals surface area contributed by atoms with Gasteiger partial charge in [-0.2, -0.15) is 4.98 Å². The molecule has 0 fully saturated rings. The topological polar surface area (TPSA) is 85.2 Å². The third-order valence-electron chi connectivity index (χ3n) is 3.39. The first kappa shape index (κ1) is 16.3. The second-order valence-electron chi connectivity index (χ2n) is 5.05. The minimum Gasteiger partial charge on any atom is -0.462 e. The highest BCUT2D eigenvalue weighted by atomic mass is 32.2. The Labute approximate surface area is 142 Å². The van der Waals surface area contributed by atoms with Crippen molar-refractivity contribution in [1.82, 2.24) is 9.97 Å². The molecular formula is C17H16N2O4S. The van der Waals surface area contributed by atoms with E-state index in [0.29, 0.717) is 17.3 Å². The summed E-state index contributed by atoms with van der Waals surface area (Å²) in [5, 5.41) is 0.138. The average molecular weight is 344 g/mol. The first-order valence-corrected chi connectivity index (χ1v) is 8.46. The van der Waals surface area contributed by atoms with E-state index in [9.17, 15) is 9.59 Å². The van der Waals surface area contributed by atoms with Crippen molar-refractivity contribution in [2.75, 3.05) is 6.61 Å². The van der Waals surface area contributed by atoms with Crippen molar-refractivity contribution in [2.45, 2.75) is 24.5 Å². The quantitative estimate of drug-likeness (QED) is 0.565. The van der Waals surface area contributed by atoms with Crippen molar-refractivity contribution in [3.05, 3.63) is 57.8 Å². The van der Waals surface area contributed by atoms with E-state index in [1.54, 1.807) is 25.6 Å². The predicted octanol–water partition coefficient (Wildman–Crippen LogP) is 3.29. The molecule has 1 aromatic carbocycles. The van der Waals surface area contributed by atoms with Gasteiger partial charge >= 0.3 is 5.97 Å². The van der Waals surface area contributed by atoms with Gasteiger partial charge in [-0.15, -0.1) is 11.8 Å². The second kappa shape index (κ2) is 6.92. The van der Waals surface area contributed by atoms with Gasteiger partial charge in [-0.05, 0) is 26.0 Å². The molecule has 0 saturated heterocycles. The fraction of sp³-hybridized carbons (Fsp3) is 0.235. The molecule has 3 rings (SSSR count). The number of fused-ring (bicyclic) bond motifs is 1. The van der Waals surface area contributed by atoms with E-state index in [-0.39, 0.29) is 23.3 Å². The fourth-order valence-electron chi connectivity index (χ4n) is 2.35. The van der Waals surface area contributed by atoms with E-state index in [1.807, 2.05) is 30.3 Å². The van der Waals surface area contributed by atoms with Crippen LogP contribution < -0.4 is 5.56 Å². The Kier molecular flexibility index (Phi) is 4.71. The molecule has 3 aromatic rings. The highest BCUT2D eigenvalue weighted by Crippen LogP contribution is 2.24. The van der Waals surface area contributed by atoms with E-state index in [1.165, 1.54) is 0 Å². The summed E-state index contributed by atoms with van der Waals surface area (Å²) in [4.78, 5) is 32.5. The lowest BCUT2D eigenvalue weighted by molar-refractivity contribution is 0.0526. The monoisotopic (exact) mass is 344 g/mol. The van der Waals surface area contributed by atoms with Gasteiger partial charge in [-0.25, -0.2) is 4.79 Å². The first-order chi connectivity index (χ1) is 11.6. The molecule has 0 aliphatic rings. The summed E-state index contributed by atoms with van der Waals surface area (Å²) in [6, 6.07) is 9.81. The van der Waals surface area contributed by atoms with Crippen molar-refractivity contribution in [3.63, 3.8) is 0 Å². The second-order valence-corrected chi connectivity index (χ2v) is 6.10. The van der Waals surface area contributed by atoms with Gasteiger partial charge in [0.15, 0.2) is 0 Å². The van der Waals surface area contributed by atoms with Crippen LogP contribution in [-0.2, 0) is 10.5 Å². The summed E-state index contributed by atoms with van der Waals surface area (Å²) >= 11 is 1.55. The summed E-state index contributed by atoms with van der Waals surface area (Å²) in [5.41, 5.74) is -0.102. The third-order valence-corrected chi connectivity index (χ3v) is 4.41. The number of aromatic nitrogens is 2. The molecule has 0 spiro atoms. The van der Waals surface area contributed by atoms with Gasteiger partial charge in [0, 0.05) is 4.90 Å². The van der Waals surface area contributed by atoms with Crippen molar-refractivity contribution in [1.29, 1.82) is 0 Å². The molecule has 0 amide bonds. The zero-order chi connectivity index (χ0) is 17.1. The number of nitrogens with one attached hydrogen (secondary N) is 1. The standard InChI is InChI=1S/C17H16N2O4S/c1-3-22-17(21)13-10(2)23-16-14(13)15(20)18-12(19-16)9-24-11-7-5-4-6-8-11/h4-8H,3,9H2,1-2H3,(H,18,19,20). The maximum absolute atomic E-state index is 12.4. The fourth-order valence-corrected chi connectivity index (χ4v) is 3.14. The maximum atomic E-state index is 12.4. The van der Waals surface area contributed by atoms with E-state index in [0.717, 1.165) is 4.90 Å². The van der Waals surface area contributed by atoms with E-state index < -0.39 is 11.5 Å². The number of aromatic amines is 1. The Hall–Kier alpha value is -2.54. The summed E-state index contributed by atoms with van der Waals surface area (Å²) in [5.74, 6) is 0.733. The zero-order valence-corrected chi connectivity index (χ0v) is 14.1. The minimum atomic E-state index is -0.576. The molecule has 0 saturated carbocycles. The Morgan fingerprint density at radius 2 is 2.08 bits per heavy atom. The number of H-pyrrole nitrogens is 1. The molecular weight excluding hydrogens is 328 g/mol. The van der Waals surface area contributed by atoms with Gasteiger partial charge in [0.1, 0.15) is 22.5 Å². The van der Waals surface area contributed by atoms with Crippen LogP contribution in [0.5, 0.6) is 0 Å².